The van der Waals surface area contributed by atoms with Crippen LogP contribution in [0.15, 0.2) is 36.4 Å². The van der Waals surface area contributed by atoms with E-state index in [0.717, 1.165) is 0 Å². The number of halogens is 1. The maximum Gasteiger partial charge on any atom is 0.259 e. The van der Waals surface area contributed by atoms with Gasteiger partial charge in [-0.3, -0.25) is 4.79 Å². The molecule has 0 heterocycles. The van der Waals surface area contributed by atoms with Crippen LogP contribution in [0.1, 0.15) is 21.5 Å². The fourth-order valence-corrected chi connectivity index (χ4v) is 1.71. The van der Waals surface area contributed by atoms with E-state index in [1.165, 1.54) is 12.1 Å². The van der Waals surface area contributed by atoms with Gasteiger partial charge in [0.15, 0.2) is 0 Å². The Hall–Kier alpha value is -2.36. The third kappa shape index (κ3) is 2.73. The SMILES string of the molecule is Cc1ccc(NC(=O)c2cccc(C)c2O)cc1F. The van der Waals surface area contributed by atoms with Gasteiger partial charge >= 0.3 is 0 Å². The van der Waals surface area contributed by atoms with Gasteiger partial charge in [0, 0.05) is 5.69 Å². The topological polar surface area (TPSA) is 49.3 Å². The van der Waals surface area contributed by atoms with E-state index in [2.05, 4.69) is 5.32 Å². The summed E-state index contributed by atoms with van der Waals surface area (Å²) in [6.45, 7) is 3.35. The van der Waals surface area contributed by atoms with Gasteiger partial charge in [0.2, 0.25) is 0 Å². The molecule has 0 aliphatic rings. The number of aromatic hydroxyl groups is 1. The fourth-order valence-electron chi connectivity index (χ4n) is 1.71. The summed E-state index contributed by atoms with van der Waals surface area (Å²) >= 11 is 0. The van der Waals surface area contributed by atoms with Crippen molar-refractivity contribution in [2.24, 2.45) is 0 Å². The van der Waals surface area contributed by atoms with Crippen molar-refractivity contribution in [2.75, 3.05) is 5.32 Å². The first kappa shape index (κ1) is 13.1. The number of hydrogen-bond donors (Lipinski definition) is 2. The van der Waals surface area contributed by atoms with E-state index in [9.17, 15) is 14.3 Å². The highest BCUT2D eigenvalue weighted by molar-refractivity contribution is 6.06. The normalized spacial score (nSPS) is 10.3. The standard InChI is InChI=1S/C15H14FNO2/c1-9-6-7-11(8-13(9)16)17-15(19)12-5-3-4-10(2)14(12)18/h3-8,18H,1-2H3,(H,17,19). The van der Waals surface area contributed by atoms with E-state index in [0.29, 0.717) is 16.8 Å². The highest BCUT2D eigenvalue weighted by Crippen LogP contribution is 2.23. The molecule has 0 saturated heterocycles. The highest BCUT2D eigenvalue weighted by atomic mass is 19.1. The molecular formula is C15H14FNO2. The molecule has 0 aliphatic carbocycles. The highest BCUT2D eigenvalue weighted by Gasteiger charge is 2.13. The van der Waals surface area contributed by atoms with Crippen molar-refractivity contribution in [3.05, 3.63) is 58.9 Å². The molecule has 0 fully saturated rings. The molecule has 1 amide bonds. The van der Waals surface area contributed by atoms with Crippen LogP contribution in [0.3, 0.4) is 0 Å². The zero-order chi connectivity index (χ0) is 14.0. The van der Waals surface area contributed by atoms with Crippen molar-refractivity contribution in [1.29, 1.82) is 0 Å². The summed E-state index contributed by atoms with van der Waals surface area (Å²) in [5.74, 6) is -0.914. The van der Waals surface area contributed by atoms with Crippen molar-refractivity contribution in [1.82, 2.24) is 0 Å². The number of carbonyl (C=O) groups excluding carboxylic acids is 1. The lowest BCUT2D eigenvalue weighted by molar-refractivity contribution is 0.102. The van der Waals surface area contributed by atoms with E-state index < -0.39 is 5.91 Å². The Bertz CT molecular complexity index is 638. The van der Waals surface area contributed by atoms with Gasteiger partial charge in [-0.15, -0.1) is 0 Å². The van der Waals surface area contributed by atoms with Crippen molar-refractivity contribution in [2.45, 2.75) is 13.8 Å². The molecule has 0 aliphatic heterocycles. The lowest BCUT2D eigenvalue weighted by Crippen LogP contribution is -2.12. The third-order valence-corrected chi connectivity index (χ3v) is 2.91. The van der Waals surface area contributed by atoms with Gasteiger partial charge in [-0.05, 0) is 43.2 Å². The van der Waals surface area contributed by atoms with Crippen LogP contribution < -0.4 is 5.32 Å². The number of hydrogen-bond acceptors (Lipinski definition) is 2. The number of nitrogens with one attached hydrogen (secondary N) is 1. The Balaban J connectivity index is 2.26. The zero-order valence-corrected chi connectivity index (χ0v) is 10.7. The molecule has 2 N–H and O–H groups in total. The van der Waals surface area contributed by atoms with Gasteiger partial charge in [-0.2, -0.15) is 0 Å². The summed E-state index contributed by atoms with van der Waals surface area (Å²) in [6.07, 6.45) is 0. The van der Waals surface area contributed by atoms with Gasteiger partial charge in [-0.25, -0.2) is 4.39 Å². The quantitative estimate of drug-likeness (QED) is 0.868. The maximum absolute atomic E-state index is 13.4. The van der Waals surface area contributed by atoms with Crippen molar-refractivity contribution >= 4 is 11.6 Å². The number of para-hydroxylation sites is 1. The minimum Gasteiger partial charge on any atom is -0.507 e. The minimum atomic E-state index is -0.468. The van der Waals surface area contributed by atoms with E-state index in [4.69, 9.17) is 0 Å². The molecule has 98 valence electrons. The molecule has 0 spiro atoms. The summed E-state index contributed by atoms with van der Waals surface area (Å²) in [7, 11) is 0. The fraction of sp³-hybridized carbons (Fsp3) is 0.133. The summed E-state index contributed by atoms with van der Waals surface area (Å²) in [5.41, 5.74) is 1.65. The molecule has 0 bridgehead atoms. The molecule has 0 saturated carbocycles. The van der Waals surface area contributed by atoms with Crippen LogP contribution in [0.2, 0.25) is 0 Å². The zero-order valence-electron chi connectivity index (χ0n) is 10.7. The van der Waals surface area contributed by atoms with Crippen LogP contribution in [0.25, 0.3) is 0 Å². The molecule has 0 atom stereocenters. The molecule has 2 aromatic rings. The minimum absolute atomic E-state index is 0.0624. The summed E-state index contributed by atoms with van der Waals surface area (Å²) in [5, 5.41) is 12.4. The molecule has 0 unspecified atom stereocenters. The Kier molecular flexibility index (Phi) is 3.51. The second-order valence-corrected chi connectivity index (χ2v) is 4.39. The lowest BCUT2D eigenvalue weighted by Gasteiger charge is -2.09. The molecule has 0 radical (unpaired) electrons. The molecule has 0 aromatic heterocycles. The smallest absolute Gasteiger partial charge is 0.259 e. The van der Waals surface area contributed by atoms with Gasteiger partial charge < -0.3 is 10.4 Å². The summed E-state index contributed by atoms with van der Waals surface area (Å²) in [4.78, 5) is 12.0. The monoisotopic (exact) mass is 259 g/mol. The predicted octanol–water partition coefficient (Wildman–Crippen LogP) is 3.40. The van der Waals surface area contributed by atoms with Crippen LogP contribution in [0.4, 0.5) is 10.1 Å². The van der Waals surface area contributed by atoms with E-state index in [1.54, 1.807) is 38.1 Å². The molecule has 4 heteroatoms. The molecule has 2 aromatic carbocycles. The molecule has 3 nitrogen and oxygen atoms in total. The number of phenolic OH excluding ortho intramolecular Hbond substituents is 1. The van der Waals surface area contributed by atoms with Gasteiger partial charge in [0.05, 0.1) is 5.56 Å². The largest absolute Gasteiger partial charge is 0.507 e. The maximum atomic E-state index is 13.4. The second kappa shape index (κ2) is 5.10. The second-order valence-electron chi connectivity index (χ2n) is 4.39. The van der Waals surface area contributed by atoms with Gasteiger partial charge in [0.25, 0.3) is 5.91 Å². The number of benzene rings is 2. The first-order chi connectivity index (χ1) is 8.99. The number of aryl methyl sites for hydroxylation is 2. The number of amides is 1. The van der Waals surface area contributed by atoms with Crippen molar-refractivity contribution in [3.8, 4) is 5.75 Å². The van der Waals surface area contributed by atoms with E-state index in [1.807, 2.05) is 0 Å². The Morgan fingerprint density at radius 2 is 1.89 bits per heavy atom. The Morgan fingerprint density at radius 3 is 2.58 bits per heavy atom. The van der Waals surface area contributed by atoms with Crippen LogP contribution in [-0.2, 0) is 0 Å². The average Bonchev–Trinajstić information content (AvgIpc) is 2.37. The van der Waals surface area contributed by atoms with Crippen molar-refractivity contribution in [3.63, 3.8) is 0 Å². The van der Waals surface area contributed by atoms with Crippen LogP contribution in [-0.4, -0.2) is 11.0 Å². The number of carbonyl (C=O) groups is 1. The van der Waals surface area contributed by atoms with E-state index >= 15 is 0 Å². The Labute approximate surface area is 110 Å². The lowest BCUT2D eigenvalue weighted by atomic mass is 10.1. The summed E-state index contributed by atoms with van der Waals surface area (Å²) < 4.78 is 13.4. The summed E-state index contributed by atoms with van der Waals surface area (Å²) in [6, 6.07) is 9.35. The average molecular weight is 259 g/mol. The van der Waals surface area contributed by atoms with Crippen LogP contribution >= 0.6 is 0 Å². The molecule has 2 rings (SSSR count). The first-order valence-electron chi connectivity index (χ1n) is 5.85. The number of phenols is 1. The number of anilines is 1. The molecular weight excluding hydrogens is 245 g/mol. The van der Waals surface area contributed by atoms with Crippen LogP contribution in [0, 0.1) is 19.7 Å². The molecule has 19 heavy (non-hydrogen) atoms. The first-order valence-corrected chi connectivity index (χ1v) is 5.85. The van der Waals surface area contributed by atoms with Crippen molar-refractivity contribution < 1.29 is 14.3 Å². The Morgan fingerprint density at radius 1 is 1.16 bits per heavy atom. The van der Waals surface area contributed by atoms with Gasteiger partial charge in [0.1, 0.15) is 11.6 Å². The number of rotatable bonds is 2. The van der Waals surface area contributed by atoms with Crippen LogP contribution in [0.5, 0.6) is 5.75 Å². The van der Waals surface area contributed by atoms with E-state index in [-0.39, 0.29) is 17.1 Å². The predicted molar refractivity (Wildman–Crippen MR) is 71.9 cm³/mol. The van der Waals surface area contributed by atoms with Gasteiger partial charge in [-0.1, -0.05) is 18.2 Å². The third-order valence-electron chi connectivity index (χ3n) is 2.91.